The number of hydrogen-bond acceptors (Lipinski definition) is 6. The van der Waals surface area contributed by atoms with Crippen LogP contribution in [0.5, 0.6) is 5.75 Å². The highest BCUT2D eigenvalue weighted by Gasteiger charge is 2.56. The van der Waals surface area contributed by atoms with Crippen LogP contribution in [0.2, 0.25) is 0 Å². The molecule has 0 spiro atoms. The first-order chi connectivity index (χ1) is 22.5. The topological polar surface area (TPSA) is 122 Å². The molecule has 1 heterocycles. The molecular formula is C39H64N2O6. The Hall–Kier alpha value is -2.84. The first kappa shape index (κ1) is 40.3. The Bertz CT molecular complexity index is 1200. The van der Waals surface area contributed by atoms with E-state index in [4.69, 9.17) is 15.2 Å². The molecule has 0 radical (unpaired) electrons. The van der Waals surface area contributed by atoms with Gasteiger partial charge in [0.05, 0.1) is 42.6 Å². The molecule has 0 fully saturated rings. The zero-order valence-corrected chi connectivity index (χ0v) is 30.5. The first-order valence-corrected chi connectivity index (χ1v) is 18.2. The molecule has 8 heteroatoms. The smallest absolute Gasteiger partial charge is 0.334 e. The van der Waals surface area contributed by atoms with Crippen LogP contribution in [0.1, 0.15) is 136 Å². The van der Waals surface area contributed by atoms with Gasteiger partial charge in [-0.1, -0.05) is 110 Å². The molecule has 2 rings (SSSR count). The second-order valence-corrected chi connectivity index (χ2v) is 13.6. The SMILES string of the molecule is CCCCCCCCCCCCCCCc1cccc(OC)c1C1(C(C)C)C(C(=O)O)=C(C)N(C(C)C)C(COCCN)=C1C(=O)O. The number of methoxy groups -OCH3 is 1. The minimum atomic E-state index is -1.49. The maximum Gasteiger partial charge on any atom is 0.334 e. The van der Waals surface area contributed by atoms with E-state index in [9.17, 15) is 19.8 Å². The lowest BCUT2D eigenvalue weighted by atomic mass is 9.58. The number of carbonyl (C=O) groups is 2. The van der Waals surface area contributed by atoms with Gasteiger partial charge < -0.3 is 30.3 Å². The molecule has 0 saturated heterocycles. The highest BCUT2D eigenvalue weighted by molar-refractivity contribution is 6.01. The van der Waals surface area contributed by atoms with E-state index in [1.807, 2.05) is 50.8 Å². The van der Waals surface area contributed by atoms with E-state index in [0.29, 0.717) is 29.1 Å². The number of nitrogens with zero attached hydrogens (tertiary/aromatic N) is 1. The number of aryl methyl sites for hydroxylation is 1. The fourth-order valence-electron chi connectivity index (χ4n) is 7.64. The van der Waals surface area contributed by atoms with Crippen molar-refractivity contribution in [2.75, 3.05) is 26.9 Å². The van der Waals surface area contributed by atoms with Gasteiger partial charge in [0.2, 0.25) is 0 Å². The molecule has 0 bridgehead atoms. The predicted molar refractivity (Wildman–Crippen MR) is 191 cm³/mol. The van der Waals surface area contributed by atoms with Crippen LogP contribution >= 0.6 is 0 Å². The van der Waals surface area contributed by atoms with E-state index in [0.717, 1.165) is 24.8 Å². The van der Waals surface area contributed by atoms with Gasteiger partial charge in [-0.05, 0) is 51.2 Å². The Morgan fingerprint density at radius 1 is 0.851 bits per heavy atom. The van der Waals surface area contributed by atoms with Crippen molar-refractivity contribution < 1.29 is 29.3 Å². The van der Waals surface area contributed by atoms with E-state index in [-0.39, 0.29) is 36.9 Å². The number of carboxylic acid groups (broad SMARTS) is 2. The van der Waals surface area contributed by atoms with Gasteiger partial charge in [-0.2, -0.15) is 0 Å². The fourth-order valence-corrected chi connectivity index (χ4v) is 7.64. The third-order valence-corrected chi connectivity index (χ3v) is 9.68. The molecular weight excluding hydrogens is 592 g/mol. The van der Waals surface area contributed by atoms with Crippen LogP contribution in [-0.2, 0) is 26.2 Å². The van der Waals surface area contributed by atoms with Crippen LogP contribution in [0.25, 0.3) is 0 Å². The molecule has 0 aromatic heterocycles. The summed E-state index contributed by atoms with van der Waals surface area (Å²) >= 11 is 0. The van der Waals surface area contributed by atoms with Crippen molar-refractivity contribution in [1.29, 1.82) is 0 Å². The van der Waals surface area contributed by atoms with Crippen molar-refractivity contribution in [3.05, 3.63) is 51.9 Å². The maximum absolute atomic E-state index is 13.5. The largest absolute Gasteiger partial charge is 0.496 e. The quantitative estimate of drug-likeness (QED) is 0.0946. The zero-order chi connectivity index (χ0) is 35.0. The maximum atomic E-state index is 13.5. The van der Waals surface area contributed by atoms with E-state index in [1.54, 1.807) is 14.0 Å². The Kier molecular flexibility index (Phi) is 17.6. The van der Waals surface area contributed by atoms with E-state index in [2.05, 4.69) is 6.92 Å². The van der Waals surface area contributed by atoms with Gasteiger partial charge in [0.1, 0.15) is 5.75 Å². The van der Waals surface area contributed by atoms with Gasteiger partial charge in [0.25, 0.3) is 0 Å². The van der Waals surface area contributed by atoms with E-state index >= 15 is 0 Å². The predicted octanol–water partition coefficient (Wildman–Crippen LogP) is 8.62. The van der Waals surface area contributed by atoms with Crippen LogP contribution in [0.15, 0.2) is 40.7 Å². The molecule has 1 aliphatic rings. The minimum absolute atomic E-state index is 0.000931. The number of allylic oxidation sites excluding steroid dienone is 1. The summed E-state index contributed by atoms with van der Waals surface area (Å²) in [5.74, 6) is -2.24. The van der Waals surface area contributed by atoms with Gasteiger partial charge in [-0.15, -0.1) is 0 Å². The Morgan fingerprint density at radius 2 is 1.38 bits per heavy atom. The van der Waals surface area contributed by atoms with Crippen molar-refractivity contribution in [3.8, 4) is 5.75 Å². The standard InChI is InChI=1S/C39H64N2O6/c1-8-9-10-11-12-13-14-15-16-17-18-19-20-22-31-23-21-24-33(46-7)35(31)39(28(2)3)34(37(42)43)30(6)41(29(4)5)32(27-47-26-25-40)36(39)38(44)45/h21,23-24,28-29H,8-20,22,25-27,40H2,1-7H3,(H,42,43)(H,44,45). The van der Waals surface area contributed by atoms with Crippen molar-refractivity contribution in [2.45, 2.75) is 143 Å². The molecule has 0 saturated carbocycles. The average Bonchev–Trinajstić information content (AvgIpc) is 3.02. The Balaban J connectivity index is 2.47. The number of unbranched alkanes of at least 4 members (excludes halogenated alkanes) is 12. The number of carboxylic acids is 2. The van der Waals surface area contributed by atoms with Crippen molar-refractivity contribution in [1.82, 2.24) is 4.90 Å². The lowest BCUT2D eigenvalue weighted by molar-refractivity contribution is -0.135. The third kappa shape index (κ3) is 10.1. The van der Waals surface area contributed by atoms with Crippen LogP contribution in [0.4, 0.5) is 0 Å². The van der Waals surface area contributed by atoms with Crippen molar-refractivity contribution in [3.63, 3.8) is 0 Å². The Labute approximate surface area is 284 Å². The zero-order valence-electron chi connectivity index (χ0n) is 30.5. The second kappa shape index (κ2) is 20.5. The molecule has 8 nitrogen and oxygen atoms in total. The van der Waals surface area contributed by atoms with Crippen LogP contribution in [-0.4, -0.2) is 60.0 Å². The van der Waals surface area contributed by atoms with Gasteiger partial charge in [0, 0.05) is 23.8 Å². The molecule has 1 atom stereocenters. The second-order valence-electron chi connectivity index (χ2n) is 13.6. The monoisotopic (exact) mass is 656 g/mol. The molecule has 1 unspecified atom stereocenters. The van der Waals surface area contributed by atoms with Crippen LogP contribution in [0, 0.1) is 5.92 Å². The summed E-state index contributed by atoms with van der Waals surface area (Å²) in [5, 5.41) is 21.9. The number of nitrogens with two attached hydrogens (primary N) is 1. The van der Waals surface area contributed by atoms with Crippen LogP contribution in [0.3, 0.4) is 0 Å². The normalized spacial score (nSPS) is 16.9. The van der Waals surface area contributed by atoms with E-state index < -0.39 is 23.3 Å². The fraction of sp³-hybridized carbons (Fsp3) is 0.692. The van der Waals surface area contributed by atoms with Gasteiger partial charge in [-0.3, -0.25) is 0 Å². The summed E-state index contributed by atoms with van der Waals surface area (Å²) in [7, 11) is 1.57. The molecule has 1 aromatic rings. The number of hydrogen-bond donors (Lipinski definition) is 3. The summed E-state index contributed by atoms with van der Waals surface area (Å²) in [6.07, 6.45) is 17.0. The molecule has 1 aliphatic heterocycles. The summed E-state index contributed by atoms with van der Waals surface area (Å²) in [5.41, 5.74) is 6.84. The molecule has 266 valence electrons. The van der Waals surface area contributed by atoms with Gasteiger partial charge in [0.15, 0.2) is 0 Å². The highest BCUT2D eigenvalue weighted by Crippen LogP contribution is 2.55. The van der Waals surface area contributed by atoms with Crippen molar-refractivity contribution >= 4 is 11.9 Å². The molecule has 47 heavy (non-hydrogen) atoms. The first-order valence-electron chi connectivity index (χ1n) is 18.2. The minimum Gasteiger partial charge on any atom is -0.496 e. The number of ether oxygens (including phenoxy) is 2. The summed E-state index contributed by atoms with van der Waals surface area (Å²) in [6, 6.07) is 5.54. The number of aliphatic carboxylic acids is 2. The highest BCUT2D eigenvalue weighted by atomic mass is 16.5. The molecule has 0 amide bonds. The molecule has 4 N–H and O–H groups in total. The summed E-state index contributed by atoms with van der Waals surface area (Å²) in [6.45, 7) is 12.2. The van der Waals surface area contributed by atoms with Gasteiger partial charge >= 0.3 is 11.9 Å². The molecule has 0 aliphatic carbocycles. The van der Waals surface area contributed by atoms with Crippen LogP contribution < -0.4 is 10.5 Å². The number of benzene rings is 1. The molecule has 1 aromatic carbocycles. The summed E-state index contributed by atoms with van der Waals surface area (Å²) < 4.78 is 11.8. The lowest BCUT2D eigenvalue weighted by Crippen LogP contribution is -2.51. The average molecular weight is 657 g/mol. The van der Waals surface area contributed by atoms with Gasteiger partial charge in [-0.25, -0.2) is 9.59 Å². The number of rotatable bonds is 24. The lowest BCUT2D eigenvalue weighted by Gasteiger charge is -2.49. The van der Waals surface area contributed by atoms with Crippen molar-refractivity contribution in [2.24, 2.45) is 11.7 Å². The summed E-state index contributed by atoms with van der Waals surface area (Å²) in [4.78, 5) is 28.7. The third-order valence-electron chi connectivity index (χ3n) is 9.68. The Morgan fingerprint density at radius 3 is 1.83 bits per heavy atom. The van der Waals surface area contributed by atoms with E-state index in [1.165, 1.54) is 64.2 Å².